The fourth-order valence-corrected chi connectivity index (χ4v) is 7.80. The highest BCUT2D eigenvalue weighted by Crippen LogP contribution is 2.65. The van der Waals surface area contributed by atoms with Gasteiger partial charge in [0.2, 0.25) is 23.6 Å². The normalized spacial score (nSPS) is 29.7. The number of rotatable bonds is 7. The Balaban J connectivity index is 1.53. The summed E-state index contributed by atoms with van der Waals surface area (Å²) in [6.07, 6.45) is 1.82. The maximum atomic E-state index is 14.5. The molecular formula is C32H32N2O9. The van der Waals surface area contributed by atoms with Crippen molar-refractivity contribution in [3.05, 3.63) is 59.7 Å². The van der Waals surface area contributed by atoms with Crippen LogP contribution in [0.2, 0.25) is 0 Å². The van der Waals surface area contributed by atoms with Gasteiger partial charge in [-0.3, -0.25) is 28.9 Å². The zero-order valence-corrected chi connectivity index (χ0v) is 24.0. The molecule has 4 amide bonds. The lowest BCUT2D eigenvalue weighted by molar-refractivity contribution is -0.142. The van der Waals surface area contributed by atoms with Crippen molar-refractivity contribution in [2.45, 2.75) is 32.1 Å². The van der Waals surface area contributed by atoms with Crippen molar-refractivity contribution in [1.82, 2.24) is 4.90 Å². The second kappa shape index (κ2) is 10.3. The lowest BCUT2D eigenvalue weighted by atomic mass is 9.51. The predicted octanol–water partition coefficient (Wildman–Crippen LogP) is 3.11. The van der Waals surface area contributed by atoms with Gasteiger partial charge in [-0.1, -0.05) is 29.8 Å². The number of hydrogen-bond donors (Lipinski definition) is 2. The first-order chi connectivity index (χ1) is 20.5. The maximum Gasteiger partial charge on any atom is 0.305 e. The number of phenolic OH excluding ortho intramolecular Hbond substituents is 1. The van der Waals surface area contributed by atoms with Gasteiger partial charge in [-0.25, -0.2) is 4.90 Å². The van der Waals surface area contributed by atoms with Crippen molar-refractivity contribution in [2.75, 3.05) is 25.7 Å². The summed E-state index contributed by atoms with van der Waals surface area (Å²) in [4.78, 5) is 69.2. The van der Waals surface area contributed by atoms with Crippen LogP contribution in [0.1, 0.15) is 37.7 Å². The standard InChI is InChI=1S/C32H32N2O9/c1-32-21(29(39)34(31(32)41)16-7-5-4-6-8-16)15-20-18(27(32)26-22(35)13-17(42-2)14-23(26)43-3)9-10-19-25(20)30(40)33(28(19)38)12-11-24(36)37/h4-9,13-14,19-21,25,27,35H,10-12,15H2,1-3H3,(H,36,37)/t19-,20+,21-,25-,27+,32+/m0/s1. The topological polar surface area (TPSA) is 151 Å². The highest BCUT2D eigenvalue weighted by molar-refractivity contribution is 6.24. The number of hydrogen-bond acceptors (Lipinski definition) is 8. The number of anilines is 1. The first kappa shape index (κ1) is 28.4. The van der Waals surface area contributed by atoms with Crippen molar-refractivity contribution < 1.29 is 43.7 Å². The lowest BCUT2D eigenvalue weighted by Crippen LogP contribution is -2.49. The van der Waals surface area contributed by atoms with E-state index in [1.54, 1.807) is 43.3 Å². The fraction of sp³-hybridized carbons (Fsp3) is 0.406. The number of para-hydroxylation sites is 1. The third-order valence-electron chi connectivity index (χ3n) is 9.77. The summed E-state index contributed by atoms with van der Waals surface area (Å²) in [5.41, 5.74) is 0.0206. The Labute approximate surface area is 247 Å². The molecule has 224 valence electrons. The minimum absolute atomic E-state index is 0.138. The minimum atomic E-state index is -1.36. The van der Waals surface area contributed by atoms with Crippen LogP contribution in [-0.2, 0) is 24.0 Å². The van der Waals surface area contributed by atoms with Crippen molar-refractivity contribution in [1.29, 1.82) is 0 Å². The van der Waals surface area contributed by atoms with Crippen molar-refractivity contribution in [3.8, 4) is 17.2 Å². The molecule has 4 aliphatic rings. The molecule has 2 N–H and O–H groups in total. The summed E-state index contributed by atoms with van der Waals surface area (Å²) in [6, 6.07) is 11.6. The Hall–Kier alpha value is -4.67. The second-order valence-corrected chi connectivity index (χ2v) is 11.7. The summed E-state index contributed by atoms with van der Waals surface area (Å²) in [6.45, 7) is 1.48. The van der Waals surface area contributed by atoms with Crippen LogP contribution in [0.5, 0.6) is 17.2 Å². The Morgan fingerprint density at radius 2 is 1.72 bits per heavy atom. The lowest BCUT2D eigenvalue weighted by Gasteiger charge is -2.49. The molecule has 0 radical (unpaired) electrons. The van der Waals surface area contributed by atoms with Gasteiger partial charge in [0, 0.05) is 30.2 Å². The number of nitrogens with zero attached hydrogens (tertiary/aromatic N) is 2. The van der Waals surface area contributed by atoms with Crippen LogP contribution in [0, 0.1) is 29.1 Å². The van der Waals surface area contributed by atoms with Crippen LogP contribution in [-0.4, -0.2) is 65.5 Å². The molecule has 2 aliphatic heterocycles. The summed E-state index contributed by atoms with van der Waals surface area (Å²) in [7, 11) is 2.88. The van der Waals surface area contributed by atoms with Crippen LogP contribution >= 0.6 is 0 Å². The molecule has 2 aromatic carbocycles. The van der Waals surface area contributed by atoms with Gasteiger partial charge in [0.1, 0.15) is 17.2 Å². The molecule has 6 rings (SSSR count). The number of aliphatic carboxylic acids is 1. The number of ether oxygens (including phenoxy) is 2. The van der Waals surface area contributed by atoms with E-state index in [9.17, 15) is 34.2 Å². The number of imide groups is 2. The average molecular weight is 589 g/mol. The largest absolute Gasteiger partial charge is 0.507 e. The zero-order valence-electron chi connectivity index (χ0n) is 24.0. The van der Waals surface area contributed by atoms with Crippen LogP contribution < -0.4 is 14.4 Å². The quantitative estimate of drug-likeness (QED) is 0.367. The van der Waals surface area contributed by atoms with Gasteiger partial charge in [0.25, 0.3) is 0 Å². The van der Waals surface area contributed by atoms with E-state index in [1.807, 2.05) is 6.08 Å². The molecule has 43 heavy (non-hydrogen) atoms. The first-order valence-electron chi connectivity index (χ1n) is 14.2. The third-order valence-corrected chi connectivity index (χ3v) is 9.77. The molecule has 3 fully saturated rings. The highest BCUT2D eigenvalue weighted by Gasteiger charge is 2.68. The molecule has 11 nitrogen and oxygen atoms in total. The number of benzene rings is 2. The smallest absolute Gasteiger partial charge is 0.305 e. The number of aromatic hydroxyl groups is 1. The number of allylic oxidation sites excluding steroid dienone is 2. The summed E-state index contributed by atoms with van der Waals surface area (Å²) in [5, 5.41) is 20.6. The van der Waals surface area contributed by atoms with Gasteiger partial charge in [0.15, 0.2) is 0 Å². The van der Waals surface area contributed by atoms with Gasteiger partial charge < -0.3 is 19.7 Å². The van der Waals surface area contributed by atoms with Gasteiger partial charge in [-0.2, -0.15) is 0 Å². The maximum absolute atomic E-state index is 14.5. The number of fused-ring (bicyclic) bond motifs is 4. The number of carbonyl (C=O) groups excluding carboxylic acids is 4. The van der Waals surface area contributed by atoms with E-state index in [1.165, 1.54) is 25.2 Å². The summed E-state index contributed by atoms with van der Waals surface area (Å²) >= 11 is 0. The monoisotopic (exact) mass is 588 g/mol. The van der Waals surface area contributed by atoms with E-state index in [-0.39, 0.29) is 37.3 Å². The Kier molecular flexibility index (Phi) is 6.78. The van der Waals surface area contributed by atoms with Gasteiger partial charge in [-0.15, -0.1) is 0 Å². The number of phenols is 1. The molecule has 11 heteroatoms. The van der Waals surface area contributed by atoms with Gasteiger partial charge in [0.05, 0.1) is 49.5 Å². The number of carboxylic acid groups (broad SMARTS) is 1. The van der Waals surface area contributed by atoms with Gasteiger partial charge in [-0.05, 0) is 37.8 Å². The molecule has 2 heterocycles. The molecule has 0 bridgehead atoms. The van der Waals surface area contributed by atoms with Crippen LogP contribution in [0.25, 0.3) is 0 Å². The molecule has 0 aromatic heterocycles. The molecule has 1 saturated carbocycles. The van der Waals surface area contributed by atoms with Crippen LogP contribution in [0.3, 0.4) is 0 Å². The predicted molar refractivity (Wildman–Crippen MR) is 151 cm³/mol. The second-order valence-electron chi connectivity index (χ2n) is 11.7. The minimum Gasteiger partial charge on any atom is -0.507 e. The van der Waals surface area contributed by atoms with Crippen molar-refractivity contribution >= 4 is 35.3 Å². The van der Waals surface area contributed by atoms with Crippen molar-refractivity contribution in [3.63, 3.8) is 0 Å². The Morgan fingerprint density at radius 1 is 1.00 bits per heavy atom. The molecule has 2 aliphatic carbocycles. The average Bonchev–Trinajstić information content (AvgIpc) is 3.35. The number of methoxy groups -OCH3 is 2. The first-order valence-corrected chi connectivity index (χ1v) is 14.2. The van der Waals surface area contributed by atoms with Crippen molar-refractivity contribution in [2.24, 2.45) is 29.1 Å². The van der Waals surface area contributed by atoms with Crippen LogP contribution in [0.4, 0.5) is 5.69 Å². The van der Waals surface area contributed by atoms with Gasteiger partial charge >= 0.3 is 5.97 Å². The number of carbonyl (C=O) groups is 5. The third kappa shape index (κ3) is 4.04. The van der Waals surface area contributed by atoms with E-state index in [2.05, 4.69) is 0 Å². The summed E-state index contributed by atoms with van der Waals surface area (Å²) in [5.74, 6) is -6.39. The van der Waals surface area contributed by atoms with E-state index >= 15 is 0 Å². The molecular weight excluding hydrogens is 556 g/mol. The van der Waals surface area contributed by atoms with Crippen LogP contribution in [0.15, 0.2) is 54.1 Å². The molecule has 2 aromatic rings. The van der Waals surface area contributed by atoms with E-state index in [4.69, 9.17) is 9.47 Å². The molecule has 0 spiro atoms. The molecule has 6 atom stereocenters. The fourth-order valence-electron chi connectivity index (χ4n) is 7.80. The van der Waals surface area contributed by atoms with E-state index < -0.39 is 64.6 Å². The molecule has 2 saturated heterocycles. The Morgan fingerprint density at radius 3 is 2.37 bits per heavy atom. The Bertz CT molecular complexity index is 1580. The number of carboxylic acids is 1. The molecule has 0 unspecified atom stereocenters. The van der Waals surface area contributed by atoms with E-state index in [0.717, 1.165) is 4.90 Å². The SMILES string of the molecule is COc1cc(O)c([C@H]2C3=CC[C@@H]4C(=O)N(CCC(=O)O)C(=O)[C@@H]4[C@@H]3C[C@H]3C(=O)N(c4ccccc4)C(=O)[C@@]23C)c(OC)c1. The summed E-state index contributed by atoms with van der Waals surface area (Å²) < 4.78 is 11.0. The number of amides is 4. The number of likely N-dealkylation sites (tertiary alicyclic amines) is 1. The zero-order chi connectivity index (χ0) is 30.8. The highest BCUT2D eigenvalue weighted by atomic mass is 16.5. The van der Waals surface area contributed by atoms with E-state index in [0.29, 0.717) is 22.6 Å².